The molecule has 0 N–H and O–H groups in total. The molecular weight excluding hydrogens is 666 g/mol. The van der Waals surface area contributed by atoms with Gasteiger partial charge in [-0.1, -0.05) is 42.5 Å². The Morgan fingerprint density at radius 2 is 1.00 bits per heavy atom. The van der Waals surface area contributed by atoms with Gasteiger partial charge in [0, 0.05) is 63.8 Å². The van der Waals surface area contributed by atoms with Crippen LogP contribution in [-0.4, -0.2) is 34.1 Å². The first-order valence-electron chi connectivity index (χ1n) is 16.9. The minimum Gasteiger partial charge on any atom is -0.457 e. The van der Waals surface area contributed by atoms with Gasteiger partial charge in [0.25, 0.3) is 0 Å². The number of aromatic nitrogens is 7. The van der Waals surface area contributed by atoms with Gasteiger partial charge in [0.2, 0.25) is 0 Å². The summed E-state index contributed by atoms with van der Waals surface area (Å²) in [7, 11) is 0. The first kappa shape index (κ1) is 30.4. The highest BCUT2D eigenvalue weighted by Gasteiger charge is 2.17. The molecule has 0 aliphatic rings. The van der Waals surface area contributed by atoms with Crippen molar-refractivity contribution in [2.45, 2.75) is 0 Å². The van der Waals surface area contributed by atoms with E-state index < -0.39 is 0 Å². The molecule has 0 fully saturated rings. The lowest BCUT2D eigenvalue weighted by molar-refractivity contribution is 0.461. The van der Waals surface area contributed by atoms with E-state index in [1.165, 1.54) is 31.0 Å². The fourth-order valence-corrected chi connectivity index (χ4v) is 7.00. The molecule has 0 bridgehead atoms. The average Bonchev–Trinajstić information content (AvgIpc) is 3.70. The number of halogens is 1. The van der Waals surface area contributed by atoms with Crippen molar-refractivity contribution in [3.05, 3.63) is 164 Å². The van der Waals surface area contributed by atoms with Gasteiger partial charge >= 0.3 is 0 Å². The molecule has 10 rings (SSSR count). The van der Waals surface area contributed by atoms with E-state index in [1.807, 2.05) is 108 Å². The van der Waals surface area contributed by atoms with Crippen molar-refractivity contribution < 1.29 is 13.9 Å². The molecule has 0 saturated carbocycles. The van der Waals surface area contributed by atoms with Gasteiger partial charge in [0.05, 0.1) is 22.1 Å². The zero-order chi connectivity index (χ0) is 35.3. The number of fused-ring (bicyclic) bond motifs is 6. The molecule has 5 aromatic heterocycles. The van der Waals surface area contributed by atoms with E-state index in [-0.39, 0.29) is 5.82 Å². The van der Waals surface area contributed by atoms with E-state index in [0.29, 0.717) is 40.2 Å². The second-order valence-corrected chi connectivity index (χ2v) is 12.4. The number of hydrogen-bond acceptors (Lipinski definition) is 7. The van der Waals surface area contributed by atoms with Gasteiger partial charge in [-0.25, -0.2) is 29.3 Å². The van der Waals surface area contributed by atoms with E-state index in [9.17, 15) is 4.39 Å². The highest BCUT2D eigenvalue weighted by Crippen LogP contribution is 2.39. The van der Waals surface area contributed by atoms with Crippen LogP contribution in [0.2, 0.25) is 0 Å². The second kappa shape index (κ2) is 12.4. The predicted octanol–water partition coefficient (Wildman–Crippen LogP) is 10.2. The highest BCUT2D eigenvalue weighted by molar-refractivity contribution is 6.10. The Morgan fingerprint density at radius 3 is 1.60 bits per heavy atom. The zero-order valence-corrected chi connectivity index (χ0v) is 27.8. The van der Waals surface area contributed by atoms with Crippen LogP contribution in [-0.2, 0) is 0 Å². The van der Waals surface area contributed by atoms with Crippen LogP contribution in [0.25, 0.3) is 66.6 Å². The lowest BCUT2D eigenvalue weighted by Gasteiger charge is -2.13. The van der Waals surface area contributed by atoms with Crippen LogP contribution < -0.4 is 9.47 Å². The Hall–Kier alpha value is -7.46. The van der Waals surface area contributed by atoms with E-state index in [0.717, 1.165) is 49.4 Å². The van der Waals surface area contributed by atoms with Gasteiger partial charge in [-0.2, -0.15) is 0 Å². The van der Waals surface area contributed by atoms with Gasteiger partial charge in [0.15, 0.2) is 5.82 Å². The van der Waals surface area contributed by atoms with Crippen molar-refractivity contribution in [1.29, 1.82) is 0 Å². The third-order valence-corrected chi connectivity index (χ3v) is 9.21. The van der Waals surface area contributed by atoms with Gasteiger partial charge in [0.1, 0.15) is 53.1 Å². The Kier molecular flexibility index (Phi) is 7.10. The quantitative estimate of drug-likeness (QED) is 0.164. The molecule has 9 nitrogen and oxygen atoms in total. The number of hydrogen-bond donors (Lipinski definition) is 0. The fourth-order valence-electron chi connectivity index (χ4n) is 7.00. The van der Waals surface area contributed by atoms with E-state index in [4.69, 9.17) is 9.47 Å². The van der Waals surface area contributed by atoms with Crippen molar-refractivity contribution in [1.82, 2.24) is 34.1 Å². The highest BCUT2D eigenvalue weighted by atomic mass is 19.1. The number of benzene rings is 5. The van der Waals surface area contributed by atoms with Crippen molar-refractivity contribution in [3.63, 3.8) is 0 Å². The molecule has 0 amide bonds. The summed E-state index contributed by atoms with van der Waals surface area (Å²) >= 11 is 0. The molecule has 10 heteroatoms. The smallest absolute Gasteiger partial charge is 0.162 e. The van der Waals surface area contributed by atoms with Crippen molar-refractivity contribution in [2.24, 2.45) is 0 Å². The molecule has 0 radical (unpaired) electrons. The fraction of sp³-hybridized carbons (Fsp3) is 0. The average molecular weight is 692 g/mol. The lowest BCUT2D eigenvalue weighted by atomic mass is 10.1. The number of ether oxygens (including phenoxy) is 2. The summed E-state index contributed by atoms with van der Waals surface area (Å²) in [4.78, 5) is 21.9. The minimum absolute atomic E-state index is 0.367. The maximum absolute atomic E-state index is 14.4. The molecule has 0 spiro atoms. The molecular formula is C43H26FN7O2. The van der Waals surface area contributed by atoms with Crippen molar-refractivity contribution in [2.75, 3.05) is 0 Å². The molecule has 252 valence electrons. The summed E-state index contributed by atoms with van der Waals surface area (Å²) in [6.07, 6.45) is 6.16. The number of para-hydroxylation sites is 2. The van der Waals surface area contributed by atoms with Crippen molar-refractivity contribution in [3.8, 4) is 46.0 Å². The van der Waals surface area contributed by atoms with E-state index in [2.05, 4.69) is 47.7 Å². The predicted molar refractivity (Wildman–Crippen MR) is 203 cm³/mol. The summed E-state index contributed by atoms with van der Waals surface area (Å²) in [5, 5.41) is 4.21. The van der Waals surface area contributed by atoms with Crippen LogP contribution >= 0.6 is 0 Å². The monoisotopic (exact) mass is 691 g/mol. The Morgan fingerprint density at radius 1 is 0.434 bits per heavy atom. The first-order valence-corrected chi connectivity index (χ1v) is 16.9. The molecule has 0 unspecified atom stereocenters. The normalized spacial score (nSPS) is 11.5. The Bertz CT molecular complexity index is 2980. The largest absolute Gasteiger partial charge is 0.457 e. The molecule has 0 atom stereocenters. The molecule has 0 aliphatic carbocycles. The number of rotatable bonds is 7. The standard InChI is InChI=1S/C43H26FN7O2/c44-28-16-18-47-42(21-28)51-38-10-4-2-8-34(38)36-15-13-30(24-40(36)51)53-32-20-27(43-48-25-45-26-49-43)19-31(22-32)52-29-12-14-35-33-7-1-3-9-37(33)50(39(35)23-29)41-11-5-6-17-46-41/h1-26H. The first-order chi connectivity index (χ1) is 26.2. The van der Waals surface area contributed by atoms with Gasteiger partial charge in [-0.15, -0.1) is 0 Å². The number of nitrogens with zero attached hydrogens (tertiary/aromatic N) is 7. The summed E-state index contributed by atoms with van der Waals surface area (Å²) in [6, 6.07) is 42.4. The summed E-state index contributed by atoms with van der Waals surface area (Å²) < 4.78 is 31.6. The second-order valence-electron chi connectivity index (χ2n) is 12.4. The summed E-state index contributed by atoms with van der Waals surface area (Å²) in [6.45, 7) is 0. The molecule has 10 aromatic rings. The topological polar surface area (TPSA) is 92.8 Å². The summed E-state index contributed by atoms with van der Waals surface area (Å²) in [5.74, 6) is 3.61. The summed E-state index contributed by atoms with van der Waals surface area (Å²) in [5.41, 5.74) is 4.43. The van der Waals surface area contributed by atoms with Crippen LogP contribution in [0.15, 0.2) is 159 Å². The van der Waals surface area contributed by atoms with Crippen LogP contribution in [0.1, 0.15) is 0 Å². The van der Waals surface area contributed by atoms with Crippen LogP contribution in [0.3, 0.4) is 0 Å². The van der Waals surface area contributed by atoms with E-state index >= 15 is 0 Å². The molecule has 5 heterocycles. The van der Waals surface area contributed by atoms with Gasteiger partial charge in [-0.3, -0.25) is 9.13 Å². The molecule has 0 aliphatic heterocycles. The van der Waals surface area contributed by atoms with Crippen LogP contribution in [0, 0.1) is 5.82 Å². The third kappa shape index (κ3) is 5.37. The molecule has 0 saturated heterocycles. The number of pyridine rings is 2. The zero-order valence-electron chi connectivity index (χ0n) is 27.8. The van der Waals surface area contributed by atoms with Crippen LogP contribution in [0.4, 0.5) is 4.39 Å². The minimum atomic E-state index is -0.367. The Labute approximate surface area is 301 Å². The molecule has 5 aromatic carbocycles. The maximum Gasteiger partial charge on any atom is 0.162 e. The maximum atomic E-state index is 14.4. The lowest BCUT2D eigenvalue weighted by Crippen LogP contribution is -1.98. The van der Waals surface area contributed by atoms with Crippen LogP contribution in [0.5, 0.6) is 23.0 Å². The van der Waals surface area contributed by atoms with Gasteiger partial charge < -0.3 is 9.47 Å². The SMILES string of the molecule is Fc1ccnc(-n2c3ccccc3c3ccc(Oc4cc(Oc5ccc6c7ccccc7n(-c7ccccn7)c6c5)cc(-c5ncncn5)c4)cc32)c1. The Balaban J connectivity index is 1.07. The third-order valence-electron chi connectivity index (χ3n) is 9.21. The molecule has 53 heavy (non-hydrogen) atoms. The van der Waals surface area contributed by atoms with E-state index in [1.54, 1.807) is 6.20 Å². The van der Waals surface area contributed by atoms with Gasteiger partial charge in [-0.05, 0) is 66.7 Å². The van der Waals surface area contributed by atoms with Crippen molar-refractivity contribution >= 4 is 43.6 Å².